The number of amidine groups is 1. The van der Waals surface area contributed by atoms with Gasteiger partial charge in [0.05, 0.1) is 16.4 Å². The number of aliphatic imine (C=N–C) groups is 1. The van der Waals surface area contributed by atoms with Crippen LogP contribution in [0, 0.1) is 0 Å². The van der Waals surface area contributed by atoms with Gasteiger partial charge in [-0.3, -0.25) is 9.79 Å². The molecule has 4 heteroatoms. The van der Waals surface area contributed by atoms with Crippen LogP contribution in [0.4, 0.5) is 0 Å². The van der Waals surface area contributed by atoms with E-state index < -0.39 is 0 Å². The van der Waals surface area contributed by atoms with Crippen LogP contribution < -0.4 is 5.32 Å². The molecule has 1 rings (SSSR count). The fourth-order valence-corrected chi connectivity index (χ4v) is 1.15. The van der Waals surface area contributed by atoms with Crippen LogP contribution in [-0.4, -0.2) is 18.8 Å². The zero-order valence-electron chi connectivity index (χ0n) is 8.04. The Hall–Kier alpha value is -1.35. The lowest BCUT2D eigenvalue weighted by Gasteiger charge is -2.04. The minimum Gasteiger partial charge on any atom is -0.311 e. The number of nitrogens with one attached hydrogen (secondary N) is 1. The van der Waals surface area contributed by atoms with Crippen molar-refractivity contribution in [3.63, 3.8) is 0 Å². The summed E-state index contributed by atoms with van der Waals surface area (Å²) in [5.74, 6) is 0.327. The largest absolute Gasteiger partial charge is 0.311 e. The molecule has 0 fully saturated rings. The summed E-state index contributed by atoms with van der Waals surface area (Å²) in [4.78, 5) is 15.4. The Labute approximate surface area is 87.8 Å². The highest BCUT2D eigenvalue weighted by atomic mass is 35.5. The summed E-state index contributed by atoms with van der Waals surface area (Å²) in [6, 6.07) is 6.88. The maximum Gasteiger partial charge on any atom is 0.258 e. The van der Waals surface area contributed by atoms with E-state index >= 15 is 0 Å². The van der Waals surface area contributed by atoms with Gasteiger partial charge in [-0.2, -0.15) is 0 Å². The molecular formula is C10H11ClN2O. The molecule has 0 bridgehead atoms. The standard InChI is InChI=1S/C10H11ClN2O/c1-7(12-2)13-10(14)8-5-3-4-6-9(8)11/h3-6H,1-2H3,(H,12,13,14). The summed E-state index contributed by atoms with van der Waals surface area (Å²) in [6.07, 6.45) is 0. The molecule has 74 valence electrons. The summed E-state index contributed by atoms with van der Waals surface area (Å²) in [7, 11) is 1.61. The van der Waals surface area contributed by atoms with Crippen LogP contribution in [-0.2, 0) is 0 Å². The number of hydrogen-bond donors (Lipinski definition) is 1. The first kappa shape index (κ1) is 10.7. The zero-order chi connectivity index (χ0) is 10.6. The van der Waals surface area contributed by atoms with Crippen molar-refractivity contribution in [3.05, 3.63) is 34.9 Å². The molecule has 0 saturated carbocycles. The zero-order valence-corrected chi connectivity index (χ0v) is 8.80. The number of halogens is 1. The molecule has 1 aromatic rings. The van der Waals surface area contributed by atoms with Gasteiger partial charge in [0, 0.05) is 7.05 Å². The second-order valence-corrected chi connectivity index (χ2v) is 3.15. The molecule has 0 spiro atoms. The summed E-state index contributed by atoms with van der Waals surface area (Å²) >= 11 is 5.85. The Balaban J connectivity index is 2.85. The van der Waals surface area contributed by atoms with E-state index in [0.717, 1.165) is 0 Å². The van der Waals surface area contributed by atoms with Crippen LogP contribution in [0.1, 0.15) is 17.3 Å². The molecule has 0 saturated heterocycles. The molecule has 0 atom stereocenters. The molecule has 0 aliphatic carbocycles. The second kappa shape index (κ2) is 4.77. The average molecular weight is 211 g/mol. The molecule has 14 heavy (non-hydrogen) atoms. The van der Waals surface area contributed by atoms with Gasteiger partial charge in [0.25, 0.3) is 5.91 Å². The first-order valence-corrected chi connectivity index (χ1v) is 4.52. The number of carbonyl (C=O) groups is 1. The molecule has 1 aromatic carbocycles. The normalized spacial score (nSPS) is 11.2. The average Bonchev–Trinajstić information content (AvgIpc) is 2.18. The second-order valence-electron chi connectivity index (χ2n) is 2.74. The van der Waals surface area contributed by atoms with Crippen LogP contribution in [0.25, 0.3) is 0 Å². The highest BCUT2D eigenvalue weighted by Gasteiger charge is 2.08. The quantitative estimate of drug-likeness (QED) is 0.560. The lowest BCUT2D eigenvalue weighted by Crippen LogP contribution is -2.28. The van der Waals surface area contributed by atoms with Crippen LogP contribution in [0.3, 0.4) is 0 Å². The Kier molecular flexibility index (Phi) is 3.65. The highest BCUT2D eigenvalue weighted by molar-refractivity contribution is 6.34. The van der Waals surface area contributed by atoms with Crippen LogP contribution in [0.5, 0.6) is 0 Å². The van der Waals surface area contributed by atoms with E-state index in [9.17, 15) is 4.79 Å². The van der Waals surface area contributed by atoms with Crippen molar-refractivity contribution in [2.45, 2.75) is 6.92 Å². The maximum atomic E-state index is 11.6. The molecule has 0 unspecified atom stereocenters. The third-order valence-corrected chi connectivity index (χ3v) is 2.08. The van der Waals surface area contributed by atoms with E-state index in [1.54, 1.807) is 38.2 Å². The fourth-order valence-electron chi connectivity index (χ4n) is 0.933. The van der Waals surface area contributed by atoms with Gasteiger partial charge in [0.2, 0.25) is 0 Å². The van der Waals surface area contributed by atoms with Crippen molar-refractivity contribution in [1.82, 2.24) is 5.32 Å². The van der Waals surface area contributed by atoms with Crippen molar-refractivity contribution in [2.24, 2.45) is 4.99 Å². The molecular weight excluding hydrogens is 200 g/mol. The van der Waals surface area contributed by atoms with E-state index in [1.165, 1.54) is 0 Å². The van der Waals surface area contributed by atoms with Gasteiger partial charge in [-0.15, -0.1) is 0 Å². The Morgan fingerprint density at radius 3 is 2.64 bits per heavy atom. The van der Waals surface area contributed by atoms with Crippen molar-refractivity contribution >= 4 is 23.3 Å². The number of nitrogens with zero attached hydrogens (tertiary/aromatic N) is 1. The molecule has 1 amide bonds. The number of amides is 1. The van der Waals surface area contributed by atoms with Gasteiger partial charge in [-0.25, -0.2) is 0 Å². The molecule has 0 aliphatic heterocycles. The lowest BCUT2D eigenvalue weighted by molar-refractivity contribution is 0.0977. The summed E-state index contributed by atoms with van der Waals surface area (Å²) in [5.41, 5.74) is 0.456. The number of benzene rings is 1. The Bertz CT molecular complexity index is 374. The van der Waals surface area contributed by atoms with Gasteiger partial charge in [-0.05, 0) is 19.1 Å². The van der Waals surface area contributed by atoms with Crippen LogP contribution >= 0.6 is 11.6 Å². The van der Waals surface area contributed by atoms with Crippen molar-refractivity contribution in [1.29, 1.82) is 0 Å². The van der Waals surface area contributed by atoms with E-state index in [4.69, 9.17) is 11.6 Å². The highest BCUT2D eigenvalue weighted by Crippen LogP contribution is 2.14. The third kappa shape index (κ3) is 2.57. The Morgan fingerprint density at radius 1 is 1.43 bits per heavy atom. The molecule has 0 radical (unpaired) electrons. The topological polar surface area (TPSA) is 41.5 Å². The minimum atomic E-state index is -0.237. The Morgan fingerprint density at radius 2 is 2.07 bits per heavy atom. The van der Waals surface area contributed by atoms with Crippen molar-refractivity contribution < 1.29 is 4.79 Å². The maximum absolute atomic E-state index is 11.6. The molecule has 0 aromatic heterocycles. The molecule has 0 heterocycles. The lowest BCUT2D eigenvalue weighted by atomic mass is 10.2. The van der Waals surface area contributed by atoms with E-state index in [0.29, 0.717) is 16.4 Å². The first-order valence-electron chi connectivity index (χ1n) is 4.14. The van der Waals surface area contributed by atoms with Gasteiger partial charge in [0.1, 0.15) is 0 Å². The van der Waals surface area contributed by atoms with Gasteiger partial charge >= 0.3 is 0 Å². The number of carbonyl (C=O) groups excluding carboxylic acids is 1. The van der Waals surface area contributed by atoms with Crippen LogP contribution in [0.2, 0.25) is 5.02 Å². The molecule has 3 nitrogen and oxygen atoms in total. The predicted molar refractivity (Wildman–Crippen MR) is 58.0 cm³/mol. The number of hydrogen-bond acceptors (Lipinski definition) is 2. The van der Waals surface area contributed by atoms with Gasteiger partial charge < -0.3 is 5.32 Å². The van der Waals surface area contributed by atoms with E-state index in [1.807, 2.05) is 0 Å². The van der Waals surface area contributed by atoms with Crippen LogP contribution in [0.15, 0.2) is 29.3 Å². The van der Waals surface area contributed by atoms with Gasteiger partial charge in [-0.1, -0.05) is 23.7 Å². The smallest absolute Gasteiger partial charge is 0.258 e. The van der Waals surface area contributed by atoms with E-state index in [2.05, 4.69) is 10.3 Å². The first-order chi connectivity index (χ1) is 6.65. The number of rotatable bonds is 1. The van der Waals surface area contributed by atoms with Crippen molar-refractivity contribution in [3.8, 4) is 0 Å². The monoisotopic (exact) mass is 210 g/mol. The SMILES string of the molecule is CN=C(C)NC(=O)c1ccccc1Cl. The molecule has 1 N–H and O–H groups in total. The summed E-state index contributed by atoms with van der Waals surface area (Å²) in [5, 5.41) is 3.05. The summed E-state index contributed by atoms with van der Waals surface area (Å²) < 4.78 is 0. The van der Waals surface area contributed by atoms with Gasteiger partial charge in [0.15, 0.2) is 0 Å². The van der Waals surface area contributed by atoms with E-state index in [-0.39, 0.29) is 5.91 Å². The predicted octanol–water partition coefficient (Wildman–Crippen LogP) is 2.12. The minimum absolute atomic E-state index is 0.237. The molecule has 0 aliphatic rings. The fraction of sp³-hybridized carbons (Fsp3) is 0.200. The summed E-state index contributed by atoms with van der Waals surface area (Å²) in [6.45, 7) is 1.72. The van der Waals surface area contributed by atoms with Crippen molar-refractivity contribution in [2.75, 3.05) is 7.05 Å². The third-order valence-electron chi connectivity index (χ3n) is 1.75.